The molecule has 876 valence electrons. The van der Waals surface area contributed by atoms with Crippen LogP contribution < -0.4 is 16.0 Å². The third-order valence-electron chi connectivity index (χ3n) is 15.0. The second-order valence-electron chi connectivity index (χ2n) is 57.9. The van der Waals surface area contributed by atoms with E-state index in [9.17, 15) is 24.0 Å². The van der Waals surface area contributed by atoms with Crippen molar-refractivity contribution in [3.8, 4) is 59.2 Å². The number of hydrogen-bond acceptors (Lipinski definition) is 7. The standard InChI is InChI=1S/C17H32O.C15H27NO.C13H24.C12H19O.C11H18NO.C11H23O.C9H17O.C8H16NO.C7H15.C6H13.4C5H11.C4H9.6Y/c1-16(2,3)12-9-7-8-10-14-18-15-11-13-17(4,5)6;1-14(2,3)10-8-7-9-11-16-13(17)12-15(4,5)6;1-12(2,3)10-8-7-9-11-13(4,5)6;1-5-11(13)9-7-6-8-10-12(2,3)4;1-10(13)12-9-7-5-6-8-11(2,3)4;1-5-6-9-12-10-7-8-11(2,3)4;1-5-8(10)6-7-9(2,3)4;1-7(10)9-6-5-8(2,3)4;1-5-6-7(2,3)4;1-5-6(2,3)4;4*1-5(2,3)4;1-4(2)3;;;;;;/h7-8,10-11,13-15H2,1-6H3;7,9,11-12H2,1-6H3,(H,16,17);7-8,10H2,1-6H3;1,5-7,9H2,2-4H3;1,5,7,9H2,2-4H3,(H,12,13);1,5-10H2,2-4H3;1,5-7H2,2-4H3;1,5-6H2,2-4H3,(H,9,10);1,5-6H2,2-4H3;1,5H2,2-4H3;4*1H2,2-4H3;1-3H3;;;;;;/q;;;12*-1;;;;;;. The average molecular weight is 2540 g/mol. The first kappa shape index (κ1) is 201. The zero-order valence-electron chi connectivity index (χ0n) is 111. The van der Waals surface area contributed by atoms with E-state index in [1.807, 2.05) is 0 Å². The summed E-state index contributed by atoms with van der Waals surface area (Å²) in [6.45, 7) is 161. The topological polar surface area (TPSA) is 140 Å². The van der Waals surface area contributed by atoms with Crippen LogP contribution in [0.5, 0.6) is 0 Å². The summed E-state index contributed by atoms with van der Waals surface area (Å²) in [6, 6.07) is 0. The normalized spacial score (nSPS) is 11.0. The summed E-state index contributed by atoms with van der Waals surface area (Å²) in [4.78, 5) is 53.8. The second-order valence-corrected chi connectivity index (χ2v) is 57.9. The van der Waals surface area contributed by atoms with Gasteiger partial charge in [0.05, 0.1) is 11.8 Å². The van der Waals surface area contributed by atoms with Crippen LogP contribution >= 0.6 is 0 Å². The Morgan fingerprint density at radius 3 is 0.698 bits per heavy atom. The molecule has 0 fully saturated rings. The third kappa shape index (κ3) is 372. The van der Waals surface area contributed by atoms with Crippen molar-refractivity contribution < 1.29 is 230 Å². The van der Waals surface area contributed by atoms with E-state index in [1.54, 1.807) is 0 Å². The molecule has 6 radical (unpaired) electrons. The maximum Gasteiger partial charge on any atom is 0.220 e. The quantitative estimate of drug-likeness (QED) is 0.0346. The number of amides is 3. The van der Waals surface area contributed by atoms with Crippen LogP contribution in [0.3, 0.4) is 0 Å². The molecule has 0 rings (SSSR count). The van der Waals surface area contributed by atoms with E-state index in [4.69, 9.17) is 9.47 Å². The molecule has 3 amide bonds. The first-order valence-corrected chi connectivity index (χ1v) is 54.5. The Morgan fingerprint density at radius 2 is 0.477 bits per heavy atom. The molecule has 0 atom stereocenters. The second kappa shape index (κ2) is 112. The molecule has 0 unspecified atom stereocenters. The minimum atomic E-state index is -0.219. The van der Waals surface area contributed by atoms with Gasteiger partial charge in [0.2, 0.25) is 5.91 Å². The van der Waals surface area contributed by atoms with Gasteiger partial charge in [-0.15, -0.1) is 42.4 Å². The molecular formula is C133H257N3O7Y6-12. The Kier molecular flexibility index (Phi) is 152. The largest absolute Gasteiger partial charge is 0.382 e. The van der Waals surface area contributed by atoms with Gasteiger partial charge < -0.3 is 127 Å². The Morgan fingerprint density at radius 1 is 0.255 bits per heavy atom. The summed E-state index contributed by atoms with van der Waals surface area (Å²) in [5, 5.41) is 8.21. The van der Waals surface area contributed by atoms with Crippen LogP contribution in [-0.2, 0) is 230 Å². The monoisotopic (exact) mass is 2540 g/mol. The maximum absolute atomic E-state index is 11.5. The Balaban J connectivity index is -0.0000000630. The van der Waals surface area contributed by atoms with Gasteiger partial charge in [-0.25, -0.2) is 0 Å². The van der Waals surface area contributed by atoms with Gasteiger partial charge in [-0.1, -0.05) is 297 Å². The van der Waals surface area contributed by atoms with Crippen molar-refractivity contribution in [2.45, 2.75) is 554 Å². The Hall–Kier alpha value is 1.83. The minimum absolute atomic E-state index is 0. The van der Waals surface area contributed by atoms with Gasteiger partial charge in [-0.3, -0.25) is 4.79 Å². The van der Waals surface area contributed by atoms with Gasteiger partial charge in [-0.05, 0) is 225 Å². The predicted molar refractivity (Wildman–Crippen MR) is 649 cm³/mol. The van der Waals surface area contributed by atoms with Crippen molar-refractivity contribution >= 4 is 29.3 Å². The molecule has 0 saturated heterocycles. The molecule has 0 bridgehead atoms. The number of ketones is 2. The van der Waals surface area contributed by atoms with Crippen LogP contribution in [-0.4, -0.2) is 75.3 Å². The van der Waals surface area contributed by atoms with Gasteiger partial charge in [-0.2, -0.15) is 61.7 Å². The zero-order valence-corrected chi connectivity index (χ0v) is 128. The Bertz CT molecular complexity index is 3190. The first-order valence-electron chi connectivity index (χ1n) is 54.5. The van der Waals surface area contributed by atoms with Crippen molar-refractivity contribution in [3.63, 3.8) is 0 Å². The van der Waals surface area contributed by atoms with Crippen molar-refractivity contribution in [1.29, 1.82) is 0 Å². The average Bonchev–Trinajstić information content (AvgIpc) is 0.943. The van der Waals surface area contributed by atoms with Crippen molar-refractivity contribution in [3.05, 3.63) is 82.1 Å². The van der Waals surface area contributed by atoms with Crippen LogP contribution in [0.2, 0.25) is 0 Å². The smallest absolute Gasteiger partial charge is 0.220 e. The molecular weight excluding hydrogens is 2280 g/mol. The summed E-state index contributed by atoms with van der Waals surface area (Å²) in [7, 11) is 0. The van der Waals surface area contributed by atoms with Crippen molar-refractivity contribution in [2.75, 3.05) is 46.1 Å². The minimum Gasteiger partial charge on any atom is -0.382 e. The number of carbonyl (C=O) groups is 5. The predicted octanol–water partition coefficient (Wildman–Crippen LogP) is 38.8. The zero-order chi connectivity index (χ0) is 117. The number of Topliss-reactive ketones (excluding diaryl/α,β-unsaturated/α-hetero) is 2. The van der Waals surface area contributed by atoms with Crippen LogP contribution in [0.4, 0.5) is 0 Å². The van der Waals surface area contributed by atoms with Crippen molar-refractivity contribution in [1.82, 2.24) is 16.0 Å². The number of ether oxygens (including phenoxy) is 2. The van der Waals surface area contributed by atoms with Gasteiger partial charge in [0.15, 0.2) is 0 Å². The summed E-state index contributed by atoms with van der Waals surface area (Å²) in [5.74, 6) is 33.4. The fourth-order valence-corrected chi connectivity index (χ4v) is 8.18. The van der Waals surface area contributed by atoms with Crippen LogP contribution in [0.15, 0.2) is 0 Å². The molecule has 16 heteroatoms. The van der Waals surface area contributed by atoms with E-state index in [0.717, 1.165) is 142 Å². The summed E-state index contributed by atoms with van der Waals surface area (Å²) >= 11 is 0. The van der Waals surface area contributed by atoms with Crippen LogP contribution in [0.1, 0.15) is 554 Å². The molecule has 0 spiro atoms. The summed E-state index contributed by atoms with van der Waals surface area (Å²) in [5.41, 5.74) is 4.46. The van der Waals surface area contributed by atoms with E-state index >= 15 is 0 Å². The van der Waals surface area contributed by atoms with E-state index in [1.165, 1.54) is 50.9 Å². The van der Waals surface area contributed by atoms with E-state index in [2.05, 4.69) is 525 Å². The molecule has 0 aliphatic carbocycles. The molecule has 0 aromatic carbocycles. The SMILES string of the molecule is CC(C)(C)C#CCCCC(C)(C)C.CC(C)(C)C#CCCCCOCCCC(C)(C)C.CC(C)(C)C#CCCCNC(=O)CC(C)(C)C.C[C-](C)C.[CH2-]C(=O)NCCC(C)(C)C.[CH2-]C(=O)NCCCC#CC(C)(C)C.[CH2-]C(C)(C)C.[CH2-]C(C)(C)C.[CH2-]C(C)(C)C.[CH2-]C(C)(C)C.[CH2-]CC(=O)CCC(C)(C)C.[CH2-]CC(=O)CCCC#CC(C)(C)C.[CH2-]CC(C)(C)C.[CH2-]CCC(C)(C)C.[CH2-]CCCOCCCC(C)(C)C.[Y].[Y].[Y].[Y].[Y].[Y]. The molecule has 0 aliphatic heterocycles. The number of hydrogen-bond donors (Lipinski definition) is 3. The fourth-order valence-electron chi connectivity index (χ4n) is 8.18. The molecule has 0 heterocycles. The number of carbonyl (C=O) groups excluding carboxylic acids is 5. The molecule has 0 saturated carbocycles. The van der Waals surface area contributed by atoms with E-state index in [0.29, 0.717) is 71.1 Å². The molecule has 0 aromatic rings. The van der Waals surface area contributed by atoms with Crippen LogP contribution in [0, 0.1) is 233 Å². The first-order chi connectivity index (χ1) is 63.2. The Labute approximate surface area is 1090 Å². The molecule has 10 nitrogen and oxygen atoms in total. The fraction of sp³-hybridized carbons (Fsp3) is 0.797. The van der Waals surface area contributed by atoms with Crippen LogP contribution in [0.25, 0.3) is 0 Å². The molecule has 3 N–H and O–H groups in total. The van der Waals surface area contributed by atoms with E-state index in [-0.39, 0.29) is 285 Å². The summed E-state index contributed by atoms with van der Waals surface area (Å²) in [6.07, 6.45) is 27.0. The van der Waals surface area contributed by atoms with Gasteiger partial charge >= 0.3 is 0 Å². The number of unbranched alkanes of at least 4 members (excludes halogenated alkanes) is 7. The van der Waals surface area contributed by atoms with Gasteiger partial charge in [0.25, 0.3) is 0 Å². The molecule has 149 heavy (non-hydrogen) atoms. The summed E-state index contributed by atoms with van der Waals surface area (Å²) < 4.78 is 11.1. The van der Waals surface area contributed by atoms with Gasteiger partial charge in [0.1, 0.15) is 11.6 Å². The third-order valence-corrected chi connectivity index (χ3v) is 15.0. The molecule has 0 aromatic heterocycles. The van der Waals surface area contributed by atoms with Crippen molar-refractivity contribution in [2.24, 2.45) is 92.1 Å². The molecule has 0 aliphatic rings. The number of nitrogens with one attached hydrogen (secondary N) is 3. The number of rotatable bonds is 32. The van der Waals surface area contributed by atoms with E-state index < -0.39 is 0 Å². The maximum atomic E-state index is 11.5. The van der Waals surface area contributed by atoms with Gasteiger partial charge in [0, 0.05) is 321 Å².